The number of halogens is 1. The SMILES string of the molecule is O=C1NCCN2c3c(cc(F)cc31)NC2C1CCCC[C@@H]1CN1CCCC1. The van der Waals surface area contributed by atoms with Crippen molar-refractivity contribution in [1.29, 1.82) is 0 Å². The van der Waals surface area contributed by atoms with Crippen LogP contribution in [0, 0.1) is 17.7 Å². The van der Waals surface area contributed by atoms with Crippen molar-refractivity contribution >= 4 is 17.3 Å². The maximum atomic E-state index is 14.1. The van der Waals surface area contributed by atoms with Gasteiger partial charge in [0.15, 0.2) is 0 Å². The molecule has 2 unspecified atom stereocenters. The molecule has 3 aliphatic heterocycles. The van der Waals surface area contributed by atoms with Gasteiger partial charge >= 0.3 is 0 Å². The van der Waals surface area contributed by atoms with Gasteiger partial charge in [0.25, 0.3) is 5.91 Å². The first-order valence-electron chi connectivity index (χ1n) is 10.6. The van der Waals surface area contributed by atoms with E-state index < -0.39 is 0 Å². The van der Waals surface area contributed by atoms with Gasteiger partial charge in [-0.15, -0.1) is 0 Å². The highest BCUT2D eigenvalue weighted by Gasteiger charge is 2.42. The lowest BCUT2D eigenvalue weighted by Crippen LogP contribution is -2.49. The number of benzene rings is 1. The molecule has 1 saturated carbocycles. The molecule has 0 bridgehead atoms. The Morgan fingerprint density at radius 3 is 2.74 bits per heavy atom. The molecule has 1 aromatic rings. The van der Waals surface area contributed by atoms with Crippen LogP contribution in [-0.4, -0.2) is 49.7 Å². The number of amides is 1. The van der Waals surface area contributed by atoms with Gasteiger partial charge in [0, 0.05) is 25.6 Å². The van der Waals surface area contributed by atoms with Gasteiger partial charge in [-0.25, -0.2) is 4.39 Å². The smallest absolute Gasteiger partial charge is 0.253 e. The van der Waals surface area contributed by atoms with Crippen molar-refractivity contribution < 1.29 is 9.18 Å². The summed E-state index contributed by atoms with van der Waals surface area (Å²) in [6.07, 6.45) is 7.89. The van der Waals surface area contributed by atoms with E-state index in [0.29, 0.717) is 23.9 Å². The molecule has 2 N–H and O–H groups in total. The maximum absolute atomic E-state index is 14.1. The molecule has 0 radical (unpaired) electrons. The van der Waals surface area contributed by atoms with E-state index in [0.717, 1.165) is 17.9 Å². The minimum absolute atomic E-state index is 0.159. The van der Waals surface area contributed by atoms with Crippen LogP contribution in [0.5, 0.6) is 0 Å². The minimum Gasteiger partial charge on any atom is -0.363 e. The van der Waals surface area contributed by atoms with Crippen LogP contribution in [0.25, 0.3) is 0 Å². The molecule has 1 amide bonds. The van der Waals surface area contributed by atoms with E-state index >= 15 is 0 Å². The molecule has 0 aromatic heterocycles. The average Bonchev–Trinajstić information content (AvgIpc) is 3.25. The fourth-order valence-corrected chi connectivity index (χ4v) is 5.72. The highest BCUT2D eigenvalue weighted by molar-refractivity contribution is 6.04. The zero-order chi connectivity index (χ0) is 18.4. The van der Waals surface area contributed by atoms with Gasteiger partial charge in [0.2, 0.25) is 0 Å². The maximum Gasteiger partial charge on any atom is 0.253 e. The third-order valence-corrected chi connectivity index (χ3v) is 6.95. The Morgan fingerprint density at radius 2 is 1.89 bits per heavy atom. The third-order valence-electron chi connectivity index (χ3n) is 6.95. The number of hydrogen-bond acceptors (Lipinski definition) is 4. The Balaban J connectivity index is 1.45. The summed E-state index contributed by atoms with van der Waals surface area (Å²) < 4.78 is 14.1. The van der Waals surface area contributed by atoms with Crippen LogP contribution in [0.1, 0.15) is 48.9 Å². The fourth-order valence-electron chi connectivity index (χ4n) is 5.72. The molecule has 3 atom stereocenters. The van der Waals surface area contributed by atoms with Crippen LogP contribution in [0.15, 0.2) is 12.1 Å². The molecule has 146 valence electrons. The molecule has 1 aromatic carbocycles. The van der Waals surface area contributed by atoms with Crippen LogP contribution < -0.4 is 15.5 Å². The summed E-state index contributed by atoms with van der Waals surface area (Å²) in [6.45, 7) is 5.04. The molecule has 5 nitrogen and oxygen atoms in total. The second-order valence-corrected chi connectivity index (χ2v) is 8.60. The normalized spacial score (nSPS) is 30.6. The zero-order valence-electron chi connectivity index (χ0n) is 15.8. The van der Waals surface area contributed by atoms with E-state index in [2.05, 4.69) is 20.4 Å². The van der Waals surface area contributed by atoms with Gasteiger partial charge in [-0.3, -0.25) is 4.79 Å². The number of hydrogen-bond donors (Lipinski definition) is 2. The second kappa shape index (κ2) is 6.97. The Bertz CT molecular complexity index is 733. The van der Waals surface area contributed by atoms with Crippen molar-refractivity contribution in [2.45, 2.75) is 44.7 Å². The number of likely N-dealkylation sites (tertiary alicyclic amines) is 1. The number of nitrogens with one attached hydrogen (secondary N) is 2. The third kappa shape index (κ3) is 3.08. The first-order chi connectivity index (χ1) is 13.2. The first-order valence-corrected chi connectivity index (χ1v) is 10.6. The summed E-state index contributed by atoms with van der Waals surface area (Å²) in [6, 6.07) is 2.95. The van der Waals surface area contributed by atoms with Gasteiger partial charge < -0.3 is 20.4 Å². The predicted octanol–water partition coefficient (Wildman–Crippen LogP) is 3.03. The van der Waals surface area contributed by atoms with Gasteiger partial charge in [-0.2, -0.15) is 0 Å². The quantitative estimate of drug-likeness (QED) is 0.856. The Hall–Kier alpha value is -1.82. The van der Waals surface area contributed by atoms with Crippen LogP contribution in [-0.2, 0) is 0 Å². The lowest BCUT2D eigenvalue weighted by atomic mass is 9.76. The van der Waals surface area contributed by atoms with Gasteiger partial charge in [-0.1, -0.05) is 12.8 Å². The Labute approximate surface area is 160 Å². The van der Waals surface area contributed by atoms with E-state index in [4.69, 9.17) is 0 Å². The van der Waals surface area contributed by atoms with E-state index in [1.807, 2.05) is 0 Å². The summed E-state index contributed by atoms with van der Waals surface area (Å²) >= 11 is 0. The summed E-state index contributed by atoms with van der Waals surface area (Å²) in [5.74, 6) is 0.707. The van der Waals surface area contributed by atoms with Crippen molar-refractivity contribution in [3.63, 3.8) is 0 Å². The van der Waals surface area contributed by atoms with E-state index in [9.17, 15) is 9.18 Å². The van der Waals surface area contributed by atoms with Gasteiger partial charge in [-0.05, 0) is 56.8 Å². The highest BCUT2D eigenvalue weighted by atomic mass is 19.1. The van der Waals surface area contributed by atoms with Crippen LogP contribution >= 0.6 is 0 Å². The molecular weight excluding hydrogens is 343 g/mol. The van der Waals surface area contributed by atoms with E-state index in [1.54, 1.807) is 6.07 Å². The second-order valence-electron chi connectivity index (χ2n) is 8.60. The number of anilines is 2. The number of nitrogens with zero attached hydrogens (tertiary/aromatic N) is 2. The number of rotatable bonds is 3. The summed E-state index contributed by atoms with van der Waals surface area (Å²) in [7, 11) is 0. The van der Waals surface area contributed by atoms with Crippen LogP contribution in [0.2, 0.25) is 0 Å². The number of carbonyl (C=O) groups is 1. The van der Waals surface area contributed by atoms with E-state index in [1.165, 1.54) is 64.2 Å². The summed E-state index contributed by atoms with van der Waals surface area (Å²) in [4.78, 5) is 17.4. The lowest BCUT2D eigenvalue weighted by Gasteiger charge is -2.41. The molecule has 6 heteroatoms. The average molecular weight is 372 g/mol. The summed E-state index contributed by atoms with van der Waals surface area (Å²) in [5, 5.41) is 6.55. The molecule has 2 fully saturated rings. The zero-order valence-corrected chi connectivity index (χ0v) is 15.8. The van der Waals surface area contributed by atoms with Crippen LogP contribution in [0.3, 0.4) is 0 Å². The van der Waals surface area contributed by atoms with Crippen molar-refractivity contribution in [2.24, 2.45) is 11.8 Å². The standard InChI is InChI=1S/C21H29FN4O/c22-15-11-17-19-18(12-15)24-20(26(19)10-7-23-21(17)27)16-6-2-1-5-14(16)13-25-8-3-4-9-25/h11-12,14,16,20,24H,1-10,13H2,(H,23,27)/t14-,16?,20?/m1/s1. The molecule has 0 spiro atoms. The molecule has 5 rings (SSSR count). The Kier molecular flexibility index (Phi) is 4.46. The molecule has 1 saturated heterocycles. The van der Waals surface area contributed by atoms with Gasteiger partial charge in [0.1, 0.15) is 12.0 Å². The fraction of sp³-hybridized carbons (Fsp3) is 0.667. The molecule has 1 aliphatic carbocycles. The molecule has 4 aliphatic rings. The van der Waals surface area contributed by atoms with Crippen molar-refractivity contribution in [3.8, 4) is 0 Å². The Morgan fingerprint density at radius 1 is 1.07 bits per heavy atom. The molecule has 3 heterocycles. The van der Waals surface area contributed by atoms with Crippen LogP contribution in [0.4, 0.5) is 15.8 Å². The van der Waals surface area contributed by atoms with Crippen molar-refractivity contribution in [1.82, 2.24) is 10.2 Å². The number of carbonyl (C=O) groups excluding carboxylic acids is 1. The predicted molar refractivity (Wildman–Crippen MR) is 105 cm³/mol. The highest BCUT2D eigenvalue weighted by Crippen LogP contribution is 2.45. The van der Waals surface area contributed by atoms with Gasteiger partial charge in [0.05, 0.1) is 16.9 Å². The monoisotopic (exact) mass is 372 g/mol. The largest absolute Gasteiger partial charge is 0.363 e. The van der Waals surface area contributed by atoms with E-state index in [-0.39, 0.29) is 17.9 Å². The lowest BCUT2D eigenvalue weighted by molar-refractivity contribution is 0.0957. The van der Waals surface area contributed by atoms with Crippen molar-refractivity contribution in [3.05, 3.63) is 23.5 Å². The minimum atomic E-state index is -0.342. The molecular formula is C21H29FN4O. The van der Waals surface area contributed by atoms with Crippen molar-refractivity contribution in [2.75, 3.05) is 42.9 Å². The molecule has 27 heavy (non-hydrogen) atoms. The summed E-state index contributed by atoms with van der Waals surface area (Å²) in [5.41, 5.74) is 2.17. The topological polar surface area (TPSA) is 47.6 Å². The first kappa shape index (κ1) is 17.3.